The van der Waals surface area contributed by atoms with Crippen molar-refractivity contribution in [1.82, 2.24) is 0 Å². The topological polar surface area (TPSA) is 83.8 Å². The van der Waals surface area contributed by atoms with Crippen molar-refractivity contribution in [2.45, 2.75) is 97.2 Å². The second-order valence-corrected chi connectivity index (χ2v) is 11.6. The van der Waals surface area contributed by atoms with Gasteiger partial charge in [-0.25, -0.2) is 0 Å². The van der Waals surface area contributed by atoms with Gasteiger partial charge in [0.2, 0.25) is 0 Å². The number of carboxylic acid groups (broad SMARTS) is 1. The number of hydrogen-bond acceptors (Lipinski definition) is 4. The van der Waals surface area contributed by atoms with Crippen molar-refractivity contribution in [3.05, 3.63) is 12.2 Å². The van der Waals surface area contributed by atoms with E-state index in [1.807, 2.05) is 20.8 Å². The second kappa shape index (κ2) is 6.82. The zero-order valence-electron chi connectivity index (χ0n) is 19.0. The monoisotopic (exact) mass is 418 g/mol. The van der Waals surface area contributed by atoms with Crippen LogP contribution in [-0.2, 0) is 14.3 Å². The smallest absolute Gasteiger partial charge is 0.309 e. The maximum absolute atomic E-state index is 12.7. The Morgan fingerprint density at radius 3 is 2.50 bits per heavy atom. The predicted octanol–water partition coefficient (Wildman–Crippen LogP) is 4.72. The van der Waals surface area contributed by atoms with E-state index in [2.05, 4.69) is 13.5 Å². The first kappa shape index (κ1) is 21.9. The summed E-state index contributed by atoms with van der Waals surface area (Å²) >= 11 is 0. The molecule has 0 aromatic rings. The Labute approximate surface area is 180 Å². The first-order chi connectivity index (χ1) is 13.9. The number of hydrogen-bond donors (Lipinski definition) is 2. The summed E-state index contributed by atoms with van der Waals surface area (Å²) in [4.78, 5) is 24.9. The molecule has 4 rings (SSSR count). The Morgan fingerprint density at radius 2 is 1.87 bits per heavy atom. The highest BCUT2D eigenvalue weighted by Gasteiger charge is 2.75. The van der Waals surface area contributed by atoms with E-state index in [1.165, 1.54) is 0 Å². The summed E-state index contributed by atoms with van der Waals surface area (Å²) in [5.74, 6) is -0.555. The van der Waals surface area contributed by atoms with Gasteiger partial charge in [0.25, 0.3) is 0 Å². The van der Waals surface area contributed by atoms with Crippen LogP contribution in [0.3, 0.4) is 0 Å². The Bertz CT molecular complexity index is 774. The third kappa shape index (κ3) is 2.63. The molecule has 0 heterocycles. The maximum atomic E-state index is 12.7. The van der Waals surface area contributed by atoms with Gasteiger partial charge in [-0.3, -0.25) is 9.59 Å². The van der Waals surface area contributed by atoms with Crippen LogP contribution in [0.1, 0.15) is 85.5 Å². The fraction of sp³-hybridized carbons (Fsp3) is 0.840. The number of rotatable bonds is 4. The highest BCUT2D eigenvalue weighted by molar-refractivity contribution is 5.75. The lowest BCUT2D eigenvalue weighted by Crippen LogP contribution is -2.71. The molecule has 0 aromatic heterocycles. The van der Waals surface area contributed by atoms with Crippen molar-refractivity contribution >= 4 is 11.9 Å². The molecule has 0 amide bonds. The fourth-order valence-electron chi connectivity index (χ4n) is 8.21. The molecule has 2 N–H and O–H groups in total. The SMILES string of the molecule is C=C1C2CCC3(O)C4(C)CCCC(C)(C(=O)O)C4CCC3(C2)C1OC(=O)CC(C)C. The van der Waals surface area contributed by atoms with Gasteiger partial charge >= 0.3 is 11.9 Å². The van der Waals surface area contributed by atoms with Gasteiger partial charge in [-0.05, 0) is 75.2 Å². The van der Waals surface area contributed by atoms with E-state index in [9.17, 15) is 19.8 Å². The lowest BCUT2D eigenvalue weighted by atomic mass is 9.38. The Morgan fingerprint density at radius 1 is 1.17 bits per heavy atom. The van der Waals surface area contributed by atoms with Crippen molar-refractivity contribution in [3.63, 3.8) is 0 Å². The molecule has 0 radical (unpaired) electrons. The summed E-state index contributed by atoms with van der Waals surface area (Å²) in [6, 6.07) is 0. The number of ether oxygens (including phenoxy) is 1. The van der Waals surface area contributed by atoms with Crippen LogP contribution in [0.5, 0.6) is 0 Å². The average molecular weight is 419 g/mol. The summed E-state index contributed by atoms with van der Waals surface area (Å²) in [6.45, 7) is 12.3. The highest BCUT2D eigenvalue weighted by Crippen LogP contribution is 2.74. The Kier molecular flexibility index (Phi) is 4.97. The predicted molar refractivity (Wildman–Crippen MR) is 114 cm³/mol. The first-order valence-corrected chi connectivity index (χ1v) is 11.8. The van der Waals surface area contributed by atoms with Gasteiger partial charge in [0.1, 0.15) is 6.10 Å². The lowest BCUT2D eigenvalue weighted by Gasteiger charge is -2.68. The third-order valence-corrected chi connectivity index (χ3v) is 9.72. The number of carbonyl (C=O) groups is 2. The molecule has 7 unspecified atom stereocenters. The van der Waals surface area contributed by atoms with E-state index in [1.54, 1.807) is 0 Å². The zero-order chi connectivity index (χ0) is 22.1. The summed E-state index contributed by atoms with van der Waals surface area (Å²) in [5.41, 5.74) is -1.95. The second-order valence-electron chi connectivity index (χ2n) is 11.6. The van der Waals surface area contributed by atoms with E-state index >= 15 is 0 Å². The van der Waals surface area contributed by atoms with Crippen LogP contribution in [0.2, 0.25) is 0 Å². The summed E-state index contributed by atoms with van der Waals surface area (Å²) in [6.07, 6.45) is 5.90. The van der Waals surface area contributed by atoms with Gasteiger partial charge in [-0.15, -0.1) is 0 Å². The fourth-order valence-corrected chi connectivity index (χ4v) is 8.21. The molecule has 0 saturated heterocycles. The molecule has 0 aromatic carbocycles. The van der Waals surface area contributed by atoms with E-state index in [-0.39, 0.29) is 23.7 Å². The summed E-state index contributed by atoms with van der Waals surface area (Å²) in [5, 5.41) is 22.6. The normalized spacial score (nSPS) is 47.5. The molecule has 5 heteroatoms. The highest BCUT2D eigenvalue weighted by atomic mass is 16.5. The average Bonchev–Trinajstić information content (AvgIpc) is 2.86. The van der Waals surface area contributed by atoms with Gasteiger partial charge in [-0.2, -0.15) is 0 Å². The molecule has 2 bridgehead atoms. The van der Waals surface area contributed by atoms with E-state index < -0.39 is 33.9 Å². The Balaban J connectivity index is 1.76. The van der Waals surface area contributed by atoms with Gasteiger partial charge in [0.15, 0.2) is 0 Å². The molecule has 5 nitrogen and oxygen atoms in total. The molecule has 0 aliphatic heterocycles. The van der Waals surface area contributed by atoms with Gasteiger partial charge in [0.05, 0.1) is 11.0 Å². The number of carbonyl (C=O) groups excluding carboxylic acids is 1. The summed E-state index contributed by atoms with van der Waals surface area (Å²) in [7, 11) is 0. The van der Waals surface area contributed by atoms with Crippen LogP contribution in [0.15, 0.2) is 12.2 Å². The molecule has 1 spiro atoms. The minimum absolute atomic E-state index is 0.0793. The molecule has 30 heavy (non-hydrogen) atoms. The van der Waals surface area contributed by atoms with Crippen LogP contribution < -0.4 is 0 Å². The van der Waals surface area contributed by atoms with Crippen molar-refractivity contribution in [3.8, 4) is 0 Å². The molecule has 168 valence electrons. The van der Waals surface area contributed by atoms with Crippen LogP contribution in [0.25, 0.3) is 0 Å². The van der Waals surface area contributed by atoms with Crippen molar-refractivity contribution in [2.24, 2.45) is 34.0 Å². The molecular weight excluding hydrogens is 380 g/mol. The number of aliphatic carboxylic acids is 1. The van der Waals surface area contributed by atoms with Crippen molar-refractivity contribution < 1.29 is 24.5 Å². The standard InChI is InChI=1S/C25H38O5/c1-15(2)13-19(26)30-20-16(3)17-7-12-25(29)23(5)10-6-9-22(4,21(27)28)18(23)8-11-24(20,25)14-17/h15,17-18,20,29H,3,6-14H2,1-2,4-5H3,(H,27,28). The van der Waals surface area contributed by atoms with Gasteiger partial charge in [0, 0.05) is 17.3 Å². The molecule has 4 aliphatic rings. The first-order valence-electron chi connectivity index (χ1n) is 11.8. The minimum atomic E-state index is -1.04. The van der Waals surface area contributed by atoms with Gasteiger partial charge < -0.3 is 14.9 Å². The zero-order valence-corrected chi connectivity index (χ0v) is 19.0. The maximum Gasteiger partial charge on any atom is 0.309 e. The van der Waals surface area contributed by atoms with E-state index in [0.29, 0.717) is 25.7 Å². The quantitative estimate of drug-likeness (QED) is 0.510. The van der Waals surface area contributed by atoms with Crippen LogP contribution >= 0.6 is 0 Å². The van der Waals surface area contributed by atoms with Crippen LogP contribution in [-0.4, -0.2) is 33.9 Å². The van der Waals surface area contributed by atoms with Crippen molar-refractivity contribution in [2.75, 3.05) is 0 Å². The number of fused-ring (bicyclic) bond motifs is 3. The lowest BCUT2D eigenvalue weighted by molar-refractivity contribution is -0.278. The van der Waals surface area contributed by atoms with Gasteiger partial charge in [-0.1, -0.05) is 33.8 Å². The largest absolute Gasteiger partial charge is 0.481 e. The van der Waals surface area contributed by atoms with Crippen LogP contribution in [0.4, 0.5) is 0 Å². The Hall–Kier alpha value is -1.36. The molecule has 4 aliphatic carbocycles. The number of carboxylic acids is 1. The third-order valence-electron chi connectivity index (χ3n) is 9.72. The number of aliphatic hydroxyl groups is 1. The van der Waals surface area contributed by atoms with E-state index in [4.69, 9.17) is 4.74 Å². The van der Waals surface area contributed by atoms with E-state index in [0.717, 1.165) is 37.7 Å². The minimum Gasteiger partial charge on any atom is -0.481 e. The number of esters is 1. The van der Waals surface area contributed by atoms with Crippen LogP contribution in [0, 0.1) is 34.0 Å². The molecule has 7 atom stereocenters. The summed E-state index contributed by atoms with van der Waals surface area (Å²) < 4.78 is 6.08. The molecule has 4 fully saturated rings. The van der Waals surface area contributed by atoms with Crippen molar-refractivity contribution in [1.29, 1.82) is 0 Å². The molecule has 4 saturated carbocycles. The molecular formula is C25H38O5.